The fourth-order valence-corrected chi connectivity index (χ4v) is 2.07. The van der Waals surface area contributed by atoms with E-state index in [2.05, 4.69) is 6.92 Å². The van der Waals surface area contributed by atoms with Crippen molar-refractivity contribution < 1.29 is 9.18 Å². The second kappa shape index (κ2) is 7.27. The van der Waals surface area contributed by atoms with E-state index in [1.54, 1.807) is 19.1 Å². The molecule has 0 aliphatic carbocycles. The monoisotopic (exact) mass is 265 g/mol. The first kappa shape index (κ1) is 15.7. The number of rotatable bonds is 6. The van der Waals surface area contributed by atoms with E-state index in [9.17, 15) is 9.18 Å². The highest BCUT2D eigenvalue weighted by Gasteiger charge is 2.18. The van der Waals surface area contributed by atoms with Crippen molar-refractivity contribution in [2.24, 2.45) is 0 Å². The Bertz CT molecular complexity index is 429. The van der Waals surface area contributed by atoms with E-state index in [4.69, 9.17) is 0 Å². The smallest absolute Gasteiger partial charge is 0.254 e. The number of halogens is 1. The van der Waals surface area contributed by atoms with Crippen molar-refractivity contribution >= 4 is 5.91 Å². The molecule has 0 N–H and O–H groups in total. The van der Waals surface area contributed by atoms with Gasteiger partial charge >= 0.3 is 0 Å². The van der Waals surface area contributed by atoms with Gasteiger partial charge in [0.15, 0.2) is 0 Å². The van der Waals surface area contributed by atoms with Crippen LogP contribution in [0.2, 0.25) is 0 Å². The van der Waals surface area contributed by atoms with Gasteiger partial charge in [-0.25, -0.2) is 4.39 Å². The van der Waals surface area contributed by atoms with Crippen molar-refractivity contribution in [2.45, 2.75) is 53.0 Å². The summed E-state index contributed by atoms with van der Waals surface area (Å²) < 4.78 is 13.2. The molecule has 106 valence electrons. The third kappa shape index (κ3) is 4.34. The van der Waals surface area contributed by atoms with Crippen LogP contribution in [0.4, 0.5) is 4.39 Å². The summed E-state index contributed by atoms with van der Waals surface area (Å²) in [6.45, 7) is 8.62. The topological polar surface area (TPSA) is 20.3 Å². The lowest BCUT2D eigenvalue weighted by Crippen LogP contribution is -2.37. The third-order valence-electron chi connectivity index (χ3n) is 3.29. The molecule has 0 fully saturated rings. The molecule has 0 radical (unpaired) electrons. The maximum absolute atomic E-state index is 13.2. The number of unbranched alkanes of at least 4 members (excludes halogenated alkanes) is 2. The van der Waals surface area contributed by atoms with E-state index in [0.717, 1.165) is 25.8 Å². The summed E-state index contributed by atoms with van der Waals surface area (Å²) in [7, 11) is 0. The normalized spacial score (nSPS) is 10.8. The van der Waals surface area contributed by atoms with E-state index in [1.165, 1.54) is 6.07 Å². The fraction of sp³-hybridized carbons (Fsp3) is 0.562. The van der Waals surface area contributed by atoms with Crippen LogP contribution in [0.25, 0.3) is 0 Å². The van der Waals surface area contributed by atoms with Gasteiger partial charge in [0, 0.05) is 18.2 Å². The SMILES string of the molecule is CCCCCN(C(=O)c1ccc(F)c(C)c1)C(C)C. The Kier molecular flexibility index (Phi) is 6.00. The summed E-state index contributed by atoms with van der Waals surface area (Å²) in [6.07, 6.45) is 3.27. The molecular weight excluding hydrogens is 241 g/mol. The van der Waals surface area contributed by atoms with Gasteiger partial charge in [-0.05, 0) is 51.0 Å². The molecule has 0 bridgehead atoms. The summed E-state index contributed by atoms with van der Waals surface area (Å²) in [5, 5.41) is 0. The lowest BCUT2D eigenvalue weighted by molar-refractivity contribution is 0.0702. The highest BCUT2D eigenvalue weighted by molar-refractivity contribution is 5.94. The van der Waals surface area contributed by atoms with Crippen molar-refractivity contribution in [3.05, 3.63) is 35.1 Å². The zero-order valence-electron chi connectivity index (χ0n) is 12.4. The number of benzene rings is 1. The number of carbonyl (C=O) groups is 1. The number of aryl methyl sites for hydroxylation is 1. The average molecular weight is 265 g/mol. The van der Waals surface area contributed by atoms with Crippen LogP contribution in [0.15, 0.2) is 18.2 Å². The predicted octanol–water partition coefficient (Wildman–Crippen LogP) is 4.17. The molecule has 0 aromatic heterocycles. The molecule has 19 heavy (non-hydrogen) atoms. The number of carbonyl (C=O) groups excluding carboxylic acids is 1. The molecule has 0 heterocycles. The Morgan fingerprint density at radius 1 is 1.32 bits per heavy atom. The second-order valence-electron chi connectivity index (χ2n) is 5.26. The van der Waals surface area contributed by atoms with E-state index >= 15 is 0 Å². The summed E-state index contributed by atoms with van der Waals surface area (Å²) in [4.78, 5) is 14.3. The summed E-state index contributed by atoms with van der Waals surface area (Å²) in [6, 6.07) is 4.73. The van der Waals surface area contributed by atoms with Gasteiger partial charge in [-0.1, -0.05) is 19.8 Å². The number of nitrogens with zero attached hydrogens (tertiary/aromatic N) is 1. The molecule has 1 rings (SSSR count). The first-order valence-corrected chi connectivity index (χ1v) is 7.04. The van der Waals surface area contributed by atoms with Crippen LogP contribution in [0.5, 0.6) is 0 Å². The highest BCUT2D eigenvalue weighted by Crippen LogP contribution is 2.14. The minimum atomic E-state index is -0.265. The molecule has 0 saturated carbocycles. The van der Waals surface area contributed by atoms with E-state index in [-0.39, 0.29) is 17.8 Å². The van der Waals surface area contributed by atoms with Crippen molar-refractivity contribution in [3.8, 4) is 0 Å². The minimum absolute atomic E-state index is 0.00537. The predicted molar refractivity (Wildman–Crippen MR) is 76.8 cm³/mol. The summed E-state index contributed by atoms with van der Waals surface area (Å²) in [5.41, 5.74) is 1.09. The molecule has 1 aromatic carbocycles. The van der Waals surface area contributed by atoms with Gasteiger partial charge in [0.1, 0.15) is 5.82 Å². The Balaban J connectivity index is 2.83. The van der Waals surface area contributed by atoms with Gasteiger partial charge in [0.05, 0.1) is 0 Å². The van der Waals surface area contributed by atoms with Crippen LogP contribution in [0.3, 0.4) is 0 Å². The number of amides is 1. The fourth-order valence-electron chi connectivity index (χ4n) is 2.07. The van der Waals surface area contributed by atoms with Crippen molar-refractivity contribution in [2.75, 3.05) is 6.54 Å². The Labute approximate surface area is 115 Å². The van der Waals surface area contributed by atoms with Crippen LogP contribution >= 0.6 is 0 Å². The standard InChI is InChI=1S/C16H24FNO/c1-5-6-7-10-18(12(2)3)16(19)14-8-9-15(17)13(4)11-14/h8-9,11-12H,5-7,10H2,1-4H3. The van der Waals surface area contributed by atoms with Crippen LogP contribution in [-0.2, 0) is 0 Å². The lowest BCUT2D eigenvalue weighted by atomic mass is 10.1. The molecule has 0 spiro atoms. The number of hydrogen-bond acceptors (Lipinski definition) is 1. The molecule has 3 heteroatoms. The Morgan fingerprint density at radius 3 is 2.53 bits per heavy atom. The zero-order valence-corrected chi connectivity index (χ0v) is 12.4. The third-order valence-corrected chi connectivity index (χ3v) is 3.29. The molecule has 1 amide bonds. The molecule has 0 unspecified atom stereocenters. The molecule has 0 aliphatic rings. The average Bonchev–Trinajstić information content (AvgIpc) is 2.37. The maximum atomic E-state index is 13.2. The molecular formula is C16H24FNO. The van der Waals surface area contributed by atoms with Crippen LogP contribution < -0.4 is 0 Å². The minimum Gasteiger partial charge on any atom is -0.336 e. The maximum Gasteiger partial charge on any atom is 0.254 e. The summed E-state index contributed by atoms with van der Waals surface area (Å²) >= 11 is 0. The lowest BCUT2D eigenvalue weighted by Gasteiger charge is -2.27. The van der Waals surface area contributed by atoms with Gasteiger partial charge in [-0.3, -0.25) is 4.79 Å². The molecule has 0 aliphatic heterocycles. The summed E-state index contributed by atoms with van der Waals surface area (Å²) in [5.74, 6) is -0.271. The van der Waals surface area contributed by atoms with E-state index in [1.807, 2.05) is 18.7 Å². The second-order valence-corrected chi connectivity index (χ2v) is 5.26. The van der Waals surface area contributed by atoms with Crippen LogP contribution in [0, 0.1) is 12.7 Å². The zero-order chi connectivity index (χ0) is 14.4. The van der Waals surface area contributed by atoms with Crippen LogP contribution in [0.1, 0.15) is 56.0 Å². The largest absolute Gasteiger partial charge is 0.336 e. The molecule has 1 aromatic rings. The van der Waals surface area contributed by atoms with Gasteiger partial charge in [0.25, 0.3) is 5.91 Å². The quantitative estimate of drug-likeness (QED) is 0.707. The van der Waals surface area contributed by atoms with Gasteiger partial charge in [-0.2, -0.15) is 0 Å². The Morgan fingerprint density at radius 2 is 2.00 bits per heavy atom. The molecule has 0 saturated heterocycles. The van der Waals surface area contributed by atoms with Crippen molar-refractivity contribution in [1.82, 2.24) is 4.90 Å². The van der Waals surface area contributed by atoms with Crippen LogP contribution in [-0.4, -0.2) is 23.4 Å². The van der Waals surface area contributed by atoms with E-state index < -0.39 is 0 Å². The van der Waals surface area contributed by atoms with Gasteiger partial charge < -0.3 is 4.90 Å². The van der Waals surface area contributed by atoms with E-state index in [0.29, 0.717) is 11.1 Å². The van der Waals surface area contributed by atoms with Gasteiger partial charge in [0.2, 0.25) is 0 Å². The molecule has 2 nitrogen and oxygen atoms in total. The van der Waals surface area contributed by atoms with Crippen molar-refractivity contribution in [1.29, 1.82) is 0 Å². The molecule has 0 atom stereocenters. The van der Waals surface area contributed by atoms with Gasteiger partial charge in [-0.15, -0.1) is 0 Å². The number of hydrogen-bond donors (Lipinski definition) is 0. The van der Waals surface area contributed by atoms with Crippen molar-refractivity contribution in [3.63, 3.8) is 0 Å². The Hall–Kier alpha value is -1.38. The highest BCUT2D eigenvalue weighted by atomic mass is 19.1. The first-order chi connectivity index (χ1) is 8.97. The first-order valence-electron chi connectivity index (χ1n) is 7.04.